The maximum Gasteiger partial charge on any atom is 1.00 e. The molecule has 5 heteroatoms. The number of methoxy groups -OCH3 is 1. The van der Waals surface area contributed by atoms with E-state index in [-0.39, 0.29) is 29.6 Å². The van der Waals surface area contributed by atoms with Crippen LogP contribution < -0.4 is 44.1 Å². The zero-order chi connectivity index (χ0) is 10.6. The van der Waals surface area contributed by atoms with E-state index in [1.165, 1.54) is 14.0 Å². The van der Waals surface area contributed by atoms with Gasteiger partial charge in [0.25, 0.3) is 0 Å². The number of carbonyl (C=O) groups is 1. The first-order chi connectivity index (χ1) is 6.63. The Hall–Kier alpha value is -0.710. The third kappa shape index (κ3) is 4.55. The van der Waals surface area contributed by atoms with Gasteiger partial charge in [0.15, 0.2) is 0 Å². The molecule has 15 heavy (non-hydrogen) atoms. The Labute approximate surface area is 110 Å². The number of aliphatic carboxylic acids is 1. The summed E-state index contributed by atoms with van der Waals surface area (Å²) in [7, 11) is 1.53. The molecule has 1 atom stereocenters. The number of carboxylic acid groups (broad SMARTS) is 1. The van der Waals surface area contributed by atoms with Crippen LogP contribution in [-0.4, -0.2) is 19.2 Å². The number of benzene rings is 1. The molecule has 0 aliphatic carbocycles. The molecule has 1 aromatic carbocycles. The van der Waals surface area contributed by atoms with Gasteiger partial charge < -0.3 is 19.4 Å². The fraction of sp³-hybridized carbons (Fsp3) is 0.300. The quantitative estimate of drug-likeness (QED) is 0.513. The van der Waals surface area contributed by atoms with Crippen LogP contribution in [0.4, 0.5) is 0 Å². The standard InChI is InChI=1S/C10H12O4.Na/c1-7(10(11)12)14-9-5-3-4-8(6-9)13-2;/h3-7H,1-2H3,(H,11,12);/q;+1/p-1. The second-order valence-electron chi connectivity index (χ2n) is 2.76. The summed E-state index contributed by atoms with van der Waals surface area (Å²) in [5, 5.41) is 10.4. The summed E-state index contributed by atoms with van der Waals surface area (Å²) in [4.78, 5) is 10.4. The summed E-state index contributed by atoms with van der Waals surface area (Å²) in [6.07, 6.45) is -0.970. The molecular weight excluding hydrogens is 207 g/mol. The molecule has 0 saturated heterocycles. The Kier molecular flexibility index (Phi) is 6.40. The van der Waals surface area contributed by atoms with E-state index in [2.05, 4.69) is 0 Å². The molecule has 1 aromatic rings. The molecule has 1 unspecified atom stereocenters. The summed E-state index contributed by atoms with van der Waals surface area (Å²) in [5.74, 6) is -0.179. The number of carboxylic acids is 1. The van der Waals surface area contributed by atoms with Gasteiger partial charge in [-0.3, -0.25) is 0 Å². The Bertz CT molecular complexity index is 327. The summed E-state index contributed by atoms with van der Waals surface area (Å²) >= 11 is 0. The van der Waals surface area contributed by atoms with E-state index in [0.717, 1.165) is 0 Å². The van der Waals surface area contributed by atoms with E-state index in [1.807, 2.05) is 0 Å². The number of carbonyl (C=O) groups excluding carboxylic acids is 1. The van der Waals surface area contributed by atoms with Crippen LogP contribution in [0.15, 0.2) is 24.3 Å². The molecular formula is C10H11NaO4. The molecule has 0 N–H and O–H groups in total. The van der Waals surface area contributed by atoms with Gasteiger partial charge in [-0.15, -0.1) is 0 Å². The summed E-state index contributed by atoms with van der Waals surface area (Å²) in [6.45, 7) is 1.41. The number of rotatable bonds is 4. The molecule has 0 bridgehead atoms. The van der Waals surface area contributed by atoms with Crippen molar-refractivity contribution in [1.29, 1.82) is 0 Å². The predicted molar refractivity (Wildman–Crippen MR) is 48.1 cm³/mol. The van der Waals surface area contributed by atoms with Gasteiger partial charge in [-0.05, 0) is 19.1 Å². The second-order valence-corrected chi connectivity index (χ2v) is 2.76. The van der Waals surface area contributed by atoms with Gasteiger partial charge in [0.2, 0.25) is 0 Å². The molecule has 0 radical (unpaired) electrons. The van der Waals surface area contributed by atoms with Crippen molar-refractivity contribution in [3.63, 3.8) is 0 Å². The van der Waals surface area contributed by atoms with Gasteiger partial charge in [-0.1, -0.05) is 6.07 Å². The predicted octanol–water partition coefficient (Wildman–Crippen LogP) is -2.78. The topological polar surface area (TPSA) is 58.6 Å². The van der Waals surface area contributed by atoms with Crippen molar-refractivity contribution in [3.05, 3.63) is 24.3 Å². The minimum Gasteiger partial charge on any atom is -0.546 e. The van der Waals surface area contributed by atoms with Crippen molar-refractivity contribution < 1.29 is 48.9 Å². The molecule has 4 nitrogen and oxygen atoms in total. The molecule has 0 aromatic heterocycles. The summed E-state index contributed by atoms with van der Waals surface area (Å²) < 4.78 is 10.0. The van der Waals surface area contributed by atoms with Crippen molar-refractivity contribution in [1.82, 2.24) is 0 Å². The summed E-state index contributed by atoms with van der Waals surface area (Å²) in [5.41, 5.74) is 0. The van der Waals surface area contributed by atoms with Crippen LogP contribution in [-0.2, 0) is 4.79 Å². The van der Waals surface area contributed by atoms with Crippen molar-refractivity contribution in [3.8, 4) is 11.5 Å². The first kappa shape index (κ1) is 14.3. The number of ether oxygens (including phenoxy) is 2. The zero-order valence-electron chi connectivity index (χ0n) is 9.02. The van der Waals surface area contributed by atoms with E-state index in [9.17, 15) is 9.90 Å². The Morgan fingerprint density at radius 2 is 2.00 bits per heavy atom. The van der Waals surface area contributed by atoms with E-state index >= 15 is 0 Å². The molecule has 0 aliphatic rings. The molecule has 0 amide bonds. The monoisotopic (exact) mass is 218 g/mol. The molecule has 0 spiro atoms. The van der Waals surface area contributed by atoms with E-state index < -0.39 is 12.1 Å². The van der Waals surface area contributed by atoms with Gasteiger partial charge in [0.1, 0.15) is 17.6 Å². The van der Waals surface area contributed by atoms with Crippen LogP contribution in [0.25, 0.3) is 0 Å². The van der Waals surface area contributed by atoms with Gasteiger partial charge >= 0.3 is 29.6 Å². The zero-order valence-corrected chi connectivity index (χ0v) is 11.0. The van der Waals surface area contributed by atoms with Crippen molar-refractivity contribution >= 4 is 5.97 Å². The van der Waals surface area contributed by atoms with Crippen LogP contribution in [0.2, 0.25) is 0 Å². The Morgan fingerprint density at radius 3 is 2.53 bits per heavy atom. The van der Waals surface area contributed by atoms with Crippen LogP contribution >= 0.6 is 0 Å². The first-order valence-corrected chi connectivity index (χ1v) is 4.15. The van der Waals surface area contributed by atoms with E-state index in [0.29, 0.717) is 11.5 Å². The minimum atomic E-state index is -1.24. The van der Waals surface area contributed by atoms with Gasteiger partial charge in [0.05, 0.1) is 13.1 Å². The average molecular weight is 218 g/mol. The molecule has 76 valence electrons. The van der Waals surface area contributed by atoms with Crippen molar-refractivity contribution in [2.75, 3.05) is 7.11 Å². The van der Waals surface area contributed by atoms with Crippen molar-refractivity contribution in [2.45, 2.75) is 13.0 Å². The second kappa shape index (κ2) is 6.71. The minimum absolute atomic E-state index is 0. The fourth-order valence-corrected chi connectivity index (χ4v) is 0.927. The molecule has 0 fully saturated rings. The SMILES string of the molecule is COc1cccc(OC(C)C(=O)[O-])c1.[Na+]. The largest absolute Gasteiger partial charge is 1.00 e. The van der Waals surface area contributed by atoms with Crippen LogP contribution in [0, 0.1) is 0 Å². The van der Waals surface area contributed by atoms with Crippen molar-refractivity contribution in [2.24, 2.45) is 0 Å². The molecule has 0 heterocycles. The average Bonchev–Trinajstić information content (AvgIpc) is 2.18. The third-order valence-corrected chi connectivity index (χ3v) is 1.69. The summed E-state index contributed by atoms with van der Waals surface area (Å²) in [6, 6.07) is 6.73. The van der Waals surface area contributed by atoms with E-state index in [4.69, 9.17) is 9.47 Å². The maximum absolute atomic E-state index is 10.4. The van der Waals surface area contributed by atoms with Crippen LogP contribution in [0.5, 0.6) is 11.5 Å². The Balaban J connectivity index is 0.00000196. The molecule has 0 aliphatic heterocycles. The first-order valence-electron chi connectivity index (χ1n) is 4.15. The Morgan fingerprint density at radius 1 is 1.40 bits per heavy atom. The third-order valence-electron chi connectivity index (χ3n) is 1.69. The normalized spacial score (nSPS) is 11.1. The van der Waals surface area contributed by atoms with Crippen LogP contribution in [0.3, 0.4) is 0 Å². The smallest absolute Gasteiger partial charge is 0.546 e. The van der Waals surface area contributed by atoms with Gasteiger partial charge in [0, 0.05) is 6.07 Å². The van der Waals surface area contributed by atoms with Gasteiger partial charge in [-0.2, -0.15) is 0 Å². The number of hydrogen-bond donors (Lipinski definition) is 0. The molecule has 0 saturated carbocycles. The van der Waals surface area contributed by atoms with Gasteiger partial charge in [-0.25, -0.2) is 0 Å². The van der Waals surface area contributed by atoms with Crippen LogP contribution in [0.1, 0.15) is 6.92 Å². The number of hydrogen-bond acceptors (Lipinski definition) is 4. The maximum atomic E-state index is 10.4. The fourth-order valence-electron chi connectivity index (χ4n) is 0.927. The molecule has 1 rings (SSSR count). The van der Waals surface area contributed by atoms with E-state index in [1.54, 1.807) is 24.3 Å².